The maximum Gasteiger partial charge on any atom is 0.216 e. The Morgan fingerprint density at radius 3 is 2.36 bits per heavy atom. The average molecular weight is 840 g/mol. The summed E-state index contributed by atoms with van der Waals surface area (Å²) in [6, 6.07) is 25.5. The Labute approximate surface area is 284 Å². The number of rotatable bonds is 5. The zero-order chi connectivity index (χ0) is 32.6. The summed E-state index contributed by atoms with van der Waals surface area (Å²) in [5.74, 6) is 6.19. The van der Waals surface area contributed by atoms with Gasteiger partial charge in [-0.25, -0.2) is 9.37 Å². The van der Waals surface area contributed by atoms with Crippen LogP contribution in [0, 0.1) is 23.4 Å². The third kappa shape index (κ3) is 8.35. The van der Waals surface area contributed by atoms with Gasteiger partial charge in [-0.3, -0.25) is 0 Å². The Kier molecular flexibility index (Phi) is 10.4. The molecule has 0 fully saturated rings. The predicted molar refractivity (Wildman–Crippen MR) is 182 cm³/mol. The molecule has 0 saturated heterocycles. The third-order valence-corrected chi connectivity index (χ3v) is 11.7. The van der Waals surface area contributed by atoms with E-state index in [1.54, 1.807) is 12.3 Å². The molecule has 0 N–H and O–H groups in total. The first-order chi connectivity index (χ1) is 21.1. The van der Waals surface area contributed by atoms with Crippen LogP contribution in [0.1, 0.15) is 53.0 Å². The van der Waals surface area contributed by atoms with Crippen LogP contribution in [0.3, 0.4) is 0 Å². The van der Waals surface area contributed by atoms with Gasteiger partial charge in [0.15, 0.2) is 0 Å². The van der Waals surface area contributed by atoms with Gasteiger partial charge in [-0.2, -0.15) is 0 Å². The molecule has 235 valence electrons. The van der Waals surface area contributed by atoms with Crippen molar-refractivity contribution in [1.82, 2.24) is 15.0 Å². The van der Waals surface area contributed by atoms with E-state index in [0.717, 1.165) is 34.8 Å². The summed E-state index contributed by atoms with van der Waals surface area (Å²) in [5, 5.41) is 1.39. The van der Waals surface area contributed by atoms with Crippen LogP contribution in [0.25, 0.3) is 44.6 Å². The minimum Gasteiger partial charge on any atom is -0.486 e. The number of hydrogen-bond donors (Lipinski definition) is 0. The third-order valence-electron chi connectivity index (χ3n) is 7.35. The topological polar surface area (TPSA) is 51.8 Å². The number of pyridine rings is 3. The SMILES string of the molecule is CC(C)(C)Cc1cc(-c2[c-]cccc2)nc[c]1[Ge]([CH3])([CH3])[CH3].[2H]C(C)(C)c1ccnc(-c2[c-]ccc3c2oc2ncc(F)cc23)c1.[Ir]. The molecule has 0 aliphatic rings. The minimum atomic E-state index is -1.90. The molecule has 6 rings (SSSR count). The number of halogens is 1. The average Bonchev–Trinajstić information content (AvgIpc) is 3.34. The first-order valence-electron chi connectivity index (χ1n) is 15.4. The van der Waals surface area contributed by atoms with E-state index in [2.05, 4.69) is 78.5 Å². The quantitative estimate of drug-likeness (QED) is 0.128. The Morgan fingerprint density at radius 1 is 0.911 bits per heavy atom. The van der Waals surface area contributed by atoms with Gasteiger partial charge in [0.05, 0.1) is 11.8 Å². The molecule has 7 heteroatoms. The first-order valence-corrected chi connectivity index (χ1v) is 22.3. The molecule has 0 bridgehead atoms. The molecular weight excluding hydrogens is 798 g/mol. The van der Waals surface area contributed by atoms with Gasteiger partial charge >= 0.3 is 132 Å². The van der Waals surface area contributed by atoms with Gasteiger partial charge in [0.2, 0.25) is 5.71 Å². The molecule has 0 spiro atoms. The molecule has 6 aromatic rings. The zero-order valence-electron chi connectivity index (χ0n) is 28.2. The van der Waals surface area contributed by atoms with Crippen molar-refractivity contribution in [2.45, 2.75) is 64.2 Å². The maximum absolute atomic E-state index is 13.5. The summed E-state index contributed by atoms with van der Waals surface area (Å²) in [4.78, 5) is 13.1. The van der Waals surface area contributed by atoms with Crippen LogP contribution in [-0.2, 0) is 26.5 Å². The number of benzene rings is 2. The van der Waals surface area contributed by atoms with E-state index in [1.807, 2.05) is 50.2 Å². The Hall–Kier alpha value is -3.19. The second-order valence-electron chi connectivity index (χ2n) is 13.6. The summed E-state index contributed by atoms with van der Waals surface area (Å²) in [6.07, 6.45) is 6.05. The van der Waals surface area contributed by atoms with Gasteiger partial charge in [0.1, 0.15) is 5.82 Å². The van der Waals surface area contributed by atoms with Crippen molar-refractivity contribution < 1.29 is 30.3 Å². The summed E-state index contributed by atoms with van der Waals surface area (Å²) >= 11 is -1.90. The van der Waals surface area contributed by atoms with Crippen LogP contribution in [0.4, 0.5) is 4.39 Å². The van der Waals surface area contributed by atoms with E-state index >= 15 is 0 Å². The van der Waals surface area contributed by atoms with Crippen molar-refractivity contribution in [3.8, 4) is 22.5 Å². The van der Waals surface area contributed by atoms with Gasteiger partial charge < -0.3 is 9.40 Å². The molecule has 0 saturated carbocycles. The van der Waals surface area contributed by atoms with E-state index in [-0.39, 0.29) is 20.1 Å². The fraction of sp³-hybridized carbons (Fsp3) is 0.289. The van der Waals surface area contributed by atoms with Crippen LogP contribution in [0.15, 0.2) is 83.7 Å². The Bertz CT molecular complexity index is 1960. The van der Waals surface area contributed by atoms with Crippen molar-refractivity contribution in [3.05, 3.63) is 108 Å². The summed E-state index contributed by atoms with van der Waals surface area (Å²) in [5.41, 5.74) is 7.04. The predicted octanol–water partition coefficient (Wildman–Crippen LogP) is 9.79. The van der Waals surface area contributed by atoms with Crippen LogP contribution < -0.4 is 4.40 Å². The molecule has 4 aromatic heterocycles. The number of furan rings is 1. The van der Waals surface area contributed by atoms with Crippen LogP contribution in [0.2, 0.25) is 17.3 Å². The van der Waals surface area contributed by atoms with Crippen molar-refractivity contribution in [1.29, 1.82) is 0 Å². The molecular formula is C38H40FGeIrN3O-2. The molecule has 0 unspecified atom stereocenters. The number of fused-ring (bicyclic) bond motifs is 3. The summed E-state index contributed by atoms with van der Waals surface area (Å²) in [6.45, 7) is 10.6. The second kappa shape index (κ2) is 14.1. The summed E-state index contributed by atoms with van der Waals surface area (Å²) < 4.78 is 29.1. The van der Waals surface area contributed by atoms with Crippen molar-refractivity contribution in [3.63, 3.8) is 0 Å². The first kappa shape index (κ1) is 33.2. The van der Waals surface area contributed by atoms with E-state index in [4.69, 9.17) is 10.8 Å². The van der Waals surface area contributed by atoms with Crippen LogP contribution >= 0.6 is 0 Å². The van der Waals surface area contributed by atoms with Crippen LogP contribution in [0.5, 0.6) is 0 Å². The normalized spacial score (nSPS) is 12.3. The Morgan fingerprint density at radius 2 is 1.69 bits per heavy atom. The van der Waals surface area contributed by atoms with Crippen molar-refractivity contribution >= 4 is 39.7 Å². The van der Waals surface area contributed by atoms with Gasteiger partial charge in [-0.15, -0.1) is 18.2 Å². The van der Waals surface area contributed by atoms with Crippen LogP contribution in [-0.4, -0.2) is 28.2 Å². The van der Waals surface area contributed by atoms with Gasteiger partial charge in [0.25, 0.3) is 0 Å². The zero-order valence-corrected chi connectivity index (χ0v) is 31.7. The smallest absolute Gasteiger partial charge is 0.216 e. The number of nitrogens with zero attached hydrogens (tertiary/aromatic N) is 3. The fourth-order valence-corrected chi connectivity index (χ4v) is 8.56. The molecule has 4 heterocycles. The van der Waals surface area contributed by atoms with E-state index in [9.17, 15) is 4.39 Å². The second-order valence-corrected chi connectivity index (χ2v) is 24.2. The Balaban J connectivity index is 0.000000207. The van der Waals surface area contributed by atoms with Gasteiger partial charge in [-0.05, 0) is 23.7 Å². The molecule has 2 aromatic carbocycles. The molecule has 4 nitrogen and oxygen atoms in total. The molecule has 45 heavy (non-hydrogen) atoms. The fourth-order valence-electron chi connectivity index (χ4n) is 5.26. The standard InChI is InChI=1S/C19H14FN2O.C19H26GeN.Ir/c1-11(2)12-6-7-21-17(8-12)15-5-3-4-14-16-9-13(20)10-22-19(16)23-18(14)15;1-19(2,3)13-16-12-18(15-10-8-7-9-11-15)21-14-17(16)20(4,5)6;/h3-4,6-11H,1-2H3;7-10,12,14H,13H2,1-6H3;/q2*-1;/i11D;;. The van der Waals surface area contributed by atoms with Gasteiger partial charge in [-0.1, -0.05) is 36.4 Å². The van der Waals surface area contributed by atoms with E-state index < -0.39 is 25.0 Å². The molecule has 0 aliphatic carbocycles. The summed E-state index contributed by atoms with van der Waals surface area (Å²) in [7, 11) is 0. The number of hydrogen-bond acceptors (Lipinski definition) is 4. The van der Waals surface area contributed by atoms with Gasteiger partial charge in [0, 0.05) is 33.1 Å². The monoisotopic (exact) mass is 841 g/mol. The minimum absolute atomic E-state index is 0. The van der Waals surface area contributed by atoms with Crippen molar-refractivity contribution in [2.75, 3.05) is 0 Å². The molecule has 0 atom stereocenters. The van der Waals surface area contributed by atoms with Crippen molar-refractivity contribution in [2.24, 2.45) is 5.41 Å². The molecule has 0 amide bonds. The molecule has 1 radical (unpaired) electrons. The maximum atomic E-state index is 13.5. The molecule has 0 aliphatic heterocycles. The van der Waals surface area contributed by atoms with E-state index in [0.29, 0.717) is 33.4 Å². The van der Waals surface area contributed by atoms with E-state index in [1.165, 1.54) is 16.0 Å². The number of aromatic nitrogens is 3. The largest absolute Gasteiger partial charge is 0.486 e.